The smallest absolute Gasteiger partial charge is 0.446 e. The molecule has 33 heavy (non-hydrogen) atoms. The Balaban J connectivity index is 1.60. The molecule has 1 N–H and O–H groups in total. The van der Waals surface area contributed by atoms with Gasteiger partial charge >= 0.3 is 11.2 Å². The highest BCUT2D eigenvalue weighted by Crippen LogP contribution is 2.37. The molecule has 1 aliphatic heterocycles. The highest BCUT2D eigenvalue weighted by Gasteiger charge is 2.29. The lowest BCUT2D eigenvalue weighted by Crippen LogP contribution is -2.31. The van der Waals surface area contributed by atoms with Gasteiger partial charge in [0.25, 0.3) is 0 Å². The van der Waals surface area contributed by atoms with Gasteiger partial charge < -0.3 is 14.7 Å². The van der Waals surface area contributed by atoms with Gasteiger partial charge in [0.1, 0.15) is 0 Å². The molecule has 3 heterocycles. The van der Waals surface area contributed by atoms with Gasteiger partial charge in [0.15, 0.2) is 6.23 Å². The van der Waals surface area contributed by atoms with Crippen LogP contribution in [0.5, 0.6) is 5.88 Å². The van der Waals surface area contributed by atoms with Crippen molar-refractivity contribution in [1.82, 2.24) is 19.0 Å². The van der Waals surface area contributed by atoms with Crippen LogP contribution in [0.3, 0.4) is 0 Å². The fourth-order valence-corrected chi connectivity index (χ4v) is 4.36. The maximum atomic E-state index is 13.2. The Morgan fingerprint density at radius 3 is 2.39 bits per heavy atom. The number of ether oxygens (including phenoxy) is 1. The first-order chi connectivity index (χ1) is 15.8. The van der Waals surface area contributed by atoms with Gasteiger partial charge in [-0.15, -0.1) is 0 Å². The number of alkyl halides is 3. The first-order valence-corrected chi connectivity index (χ1v) is 11.3. The zero-order valence-corrected chi connectivity index (χ0v) is 18.4. The van der Waals surface area contributed by atoms with E-state index in [1.165, 1.54) is 35.0 Å². The number of nitrogens with zero attached hydrogens (tertiary/aromatic N) is 4. The number of rotatable bonds is 8. The lowest BCUT2D eigenvalue weighted by atomic mass is 10.2. The van der Waals surface area contributed by atoms with Gasteiger partial charge in [-0.05, 0) is 74.1 Å². The standard InChI is InChI=1S/C22H23F3N4O3S/c23-22(24,25)33-18-5-3-17(4-6-18)29-19(30)15-28(21(29)31)20(16-7-9-26-10-8-16)32-14-13-27-11-1-2-12-27/h3-10,15,20,30H,1-2,11-14H2. The average Bonchev–Trinajstić information content (AvgIpc) is 3.39. The van der Waals surface area contributed by atoms with Gasteiger partial charge in [-0.2, -0.15) is 13.2 Å². The summed E-state index contributed by atoms with van der Waals surface area (Å²) in [5.41, 5.74) is -4.06. The maximum Gasteiger partial charge on any atom is 0.446 e. The molecule has 2 aromatic heterocycles. The number of halogens is 3. The molecule has 1 aromatic carbocycles. The van der Waals surface area contributed by atoms with Gasteiger partial charge in [-0.1, -0.05) is 0 Å². The number of aromatic nitrogens is 3. The van der Waals surface area contributed by atoms with Crippen molar-refractivity contribution in [2.24, 2.45) is 0 Å². The number of pyridine rings is 1. The Morgan fingerprint density at radius 2 is 1.76 bits per heavy atom. The van der Waals surface area contributed by atoms with Crippen LogP contribution in [-0.2, 0) is 4.74 Å². The minimum atomic E-state index is -4.41. The summed E-state index contributed by atoms with van der Waals surface area (Å²) >= 11 is -0.245. The summed E-state index contributed by atoms with van der Waals surface area (Å²) in [5.74, 6) is -0.349. The Labute approximate surface area is 192 Å². The molecule has 1 aliphatic rings. The Kier molecular flexibility index (Phi) is 7.11. The molecule has 0 radical (unpaired) electrons. The second-order valence-corrected chi connectivity index (χ2v) is 8.75. The second kappa shape index (κ2) is 10.0. The molecule has 3 aromatic rings. The molecule has 1 fully saturated rings. The van der Waals surface area contributed by atoms with E-state index in [1.54, 1.807) is 24.5 Å². The molecular weight excluding hydrogens is 457 g/mol. The van der Waals surface area contributed by atoms with Gasteiger partial charge in [0, 0.05) is 29.4 Å². The zero-order valence-electron chi connectivity index (χ0n) is 17.6. The predicted molar refractivity (Wildman–Crippen MR) is 118 cm³/mol. The van der Waals surface area contributed by atoms with Crippen molar-refractivity contribution in [3.8, 4) is 11.6 Å². The highest BCUT2D eigenvalue weighted by atomic mass is 32.2. The van der Waals surface area contributed by atoms with Crippen LogP contribution in [0.2, 0.25) is 0 Å². The molecule has 0 spiro atoms. The SMILES string of the molecule is O=c1n(C(OCCN2CCCC2)c2ccncc2)cc(O)n1-c1ccc(SC(F)(F)F)cc1. The molecule has 4 rings (SSSR count). The number of hydrogen-bond acceptors (Lipinski definition) is 6. The Hall–Kier alpha value is -2.76. The van der Waals surface area contributed by atoms with Crippen LogP contribution in [0.15, 0.2) is 64.7 Å². The topological polar surface area (TPSA) is 72.5 Å². The third kappa shape index (κ3) is 5.79. The molecule has 0 amide bonds. The summed E-state index contributed by atoms with van der Waals surface area (Å²) in [6, 6.07) is 8.67. The third-order valence-electron chi connectivity index (χ3n) is 5.35. The van der Waals surface area contributed by atoms with E-state index >= 15 is 0 Å². The van der Waals surface area contributed by atoms with Crippen molar-refractivity contribution in [3.63, 3.8) is 0 Å². The fraction of sp³-hybridized carbons (Fsp3) is 0.364. The second-order valence-electron chi connectivity index (χ2n) is 7.61. The maximum absolute atomic E-state index is 13.2. The number of benzene rings is 1. The lowest BCUT2D eigenvalue weighted by molar-refractivity contribution is -0.0328. The van der Waals surface area contributed by atoms with Gasteiger partial charge in [-0.25, -0.2) is 9.36 Å². The van der Waals surface area contributed by atoms with Crippen molar-refractivity contribution in [1.29, 1.82) is 0 Å². The number of likely N-dealkylation sites (tertiary alicyclic amines) is 1. The lowest BCUT2D eigenvalue weighted by Gasteiger charge is -2.21. The monoisotopic (exact) mass is 480 g/mol. The highest BCUT2D eigenvalue weighted by molar-refractivity contribution is 8.00. The van der Waals surface area contributed by atoms with Crippen LogP contribution in [-0.4, -0.2) is 55.9 Å². The minimum absolute atomic E-state index is 0.0156. The van der Waals surface area contributed by atoms with Crippen LogP contribution < -0.4 is 5.69 Å². The summed E-state index contributed by atoms with van der Waals surface area (Å²) < 4.78 is 46.1. The summed E-state index contributed by atoms with van der Waals surface area (Å²) in [7, 11) is 0. The molecular formula is C22H23F3N4O3S. The third-order valence-corrected chi connectivity index (χ3v) is 6.09. The zero-order chi connectivity index (χ0) is 23.4. The summed E-state index contributed by atoms with van der Waals surface area (Å²) in [5, 5.41) is 10.5. The van der Waals surface area contributed by atoms with Crippen LogP contribution in [0.4, 0.5) is 13.2 Å². The van der Waals surface area contributed by atoms with Crippen molar-refractivity contribution in [2.75, 3.05) is 26.2 Å². The molecule has 11 heteroatoms. The normalized spacial score (nSPS) is 15.7. The quantitative estimate of drug-likeness (QED) is 0.492. The van der Waals surface area contributed by atoms with Crippen molar-refractivity contribution >= 4 is 11.8 Å². The molecule has 0 aliphatic carbocycles. The molecule has 0 saturated carbocycles. The van der Waals surface area contributed by atoms with E-state index in [2.05, 4.69) is 9.88 Å². The van der Waals surface area contributed by atoms with E-state index in [0.717, 1.165) is 37.0 Å². The van der Waals surface area contributed by atoms with Crippen LogP contribution in [0, 0.1) is 0 Å². The van der Waals surface area contributed by atoms with Gasteiger partial charge in [0.05, 0.1) is 18.5 Å². The minimum Gasteiger partial charge on any atom is -0.493 e. The molecule has 176 valence electrons. The van der Waals surface area contributed by atoms with Crippen LogP contribution >= 0.6 is 11.8 Å². The molecule has 1 unspecified atom stereocenters. The first-order valence-electron chi connectivity index (χ1n) is 10.4. The molecule has 1 saturated heterocycles. The summed E-state index contributed by atoms with van der Waals surface area (Å²) in [6.45, 7) is 3.14. The van der Waals surface area contributed by atoms with Crippen LogP contribution in [0.25, 0.3) is 5.69 Å². The predicted octanol–water partition coefficient (Wildman–Crippen LogP) is 4.01. The van der Waals surface area contributed by atoms with E-state index in [1.807, 2.05) is 0 Å². The van der Waals surface area contributed by atoms with Gasteiger partial charge in [-0.3, -0.25) is 9.55 Å². The summed E-state index contributed by atoms with van der Waals surface area (Å²) in [6.07, 6.45) is 5.96. The Bertz CT molecular complexity index is 1110. The summed E-state index contributed by atoms with van der Waals surface area (Å²) in [4.78, 5) is 19.5. The number of hydrogen-bond donors (Lipinski definition) is 1. The van der Waals surface area contributed by atoms with Crippen molar-refractivity contribution in [3.05, 3.63) is 71.0 Å². The molecule has 1 atom stereocenters. The van der Waals surface area contributed by atoms with Gasteiger partial charge in [0.2, 0.25) is 5.88 Å². The van der Waals surface area contributed by atoms with E-state index in [-0.39, 0.29) is 28.2 Å². The van der Waals surface area contributed by atoms with E-state index in [0.29, 0.717) is 12.2 Å². The first kappa shape index (κ1) is 23.4. The van der Waals surface area contributed by atoms with E-state index < -0.39 is 17.4 Å². The Morgan fingerprint density at radius 1 is 1.09 bits per heavy atom. The van der Waals surface area contributed by atoms with Crippen molar-refractivity contribution in [2.45, 2.75) is 29.5 Å². The van der Waals surface area contributed by atoms with Crippen molar-refractivity contribution < 1.29 is 23.0 Å². The van der Waals surface area contributed by atoms with Crippen LogP contribution in [0.1, 0.15) is 24.6 Å². The average molecular weight is 481 g/mol. The number of imidazole rings is 1. The number of aromatic hydroxyl groups is 1. The fourth-order valence-electron chi connectivity index (χ4n) is 3.82. The molecule has 0 bridgehead atoms. The van der Waals surface area contributed by atoms with E-state index in [9.17, 15) is 23.1 Å². The molecule has 7 nitrogen and oxygen atoms in total. The largest absolute Gasteiger partial charge is 0.493 e. The van der Waals surface area contributed by atoms with E-state index in [4.69, 9.17) is 4.74 Å². The number of thioether (sulfide) groups is 1.